The van der Waals surface area contributed by atoms with Crippen LogP contribution in [-0.2, 0) is 9.59 Å². The summed E-state index contributed by atoms with van der Waals surface area (Å²) in [7, 11) is 0. The monoisotopic (exact) mass is 266 g/mol. The number of nitrogens with one attached hydrogen (secondary N) is 1. The van der Waals surface area contributed by atoms with Gasteiger partial charge < -0.3 is 10.4 Å². The van der Waals surface area contributed by atoms with Crippen LogP contribution >= 0.6 is 11.8 Å². The molecule has 5 nitrogen and oxygen atoms in total. The quantitative estimate of drug-likeness (QED) is 0.422. The molecule has 1 aliphatic rings. The predicted octanol–water partition coefficient (Wildman–Crippen LogP) is -3.10. The molecule has 90 valence electrons. The van der Waals surface area contributed by atoms with Gasteiger partial charge >= 0.3 is 29.6 Å². The van der Waals surface area contributed by atoms with Crippen molar-refractivity contribution in [3.05, 3.63) is 0 Å². The normalized spacial score (nSPS) is 23.8. The van der Waals surface area contributed by atoms with E-state index in [0.29, 0.717) is 18.6 Å². The van der Waals surface area contributed by atoms with E-state index in [1.54, 1.807) is 0 Å². The Labute approximate surface area is 127 Å². The van der Waals surface area contributed by atoms with Crippen LogP contribution in [0.25, 0.3) is 0 Å². The smallest absolute Gasteiger partial charge is 0.846 e. The zero-order valence-corrected chi connectivity index (χ0v) is 13.2. The van der Waals surface area contributed by atoms with Crippen LogP contribution in [0.15, 0.2) is 4.99 Å². The van der Waals surface area contributed by atoms with Gasteiger partial charge in [-0.3, -0.25) is 9.59 Å². The van der Waals surface area contributed by atoms with Gasteiger partial charge in [-0.25, -0.2) is 4.99 Å². The minimum absolute atomic E-state index is 0. The fraction of sp³-hybridized carbons (Fsp3) is 0.700. The molecular weight excluding hydrogens is 251 g/mol. The number of thioether (sulfide) groups is 1. The van der Waals surface area contributed by atoms with Crippen molar-refractivity contribution in [1.82, 2.24) is 5.32 Å². The molecule has 2 amide bonds. The Morgan fingerprint density at radius 1 is 1.41 bits per heavy atom. The summed E-state index contributed by atoms with van der Waals surface area (Å²) < 4.78 is 0. The second-order valence-corrected chi connectivity index (χ2v) is 4.92. The molecule has 0 saturated heterocycles. The van der Waals surface area contributed by atoms with Crippen molar-refractivity contribution >= 4 is 29.6 Å². The average Bonchev–Trinajstić information content (AvgIpc) is 2.22. The zero-order chi connectivity index (χ0) is 12.2. The predicted molar refractivity (Wildman–Crippen MR) is 60.9 cm³/mol. The molecule has 0 saturated carbocycles. The summed E-state index contributed by atoms with van der Waals surface area (Å²) in [6.45, 7) is 3.85. The molecule has 0 spiro atoms. The van der Waals surface area contributed by atoms with Crippen LogP contribution in [0.2, 0.25) is 0 Å². The summed E-state index contributed by atoms with van der Waals surface area (Å²) in [5.74, 6) is 0.114. The molecule has 0 aromatic heterocycles. The molecule has 0 fully saturated rings. The first-order valence-electron chi connectivity index (χ1n) is 5.26. The fourth-order valence-corrected chi connectivity index (χ4v) is 2.62. The third kappa shape index (κ3) is 3.71. The maximum absolute atomic E-state index is 11.8. The van der Waals surface area contributed by atoms with Gasteiger partial charge in [-0.2, -0.15) is 11.8 Å². The summed E-state index contributed by atoms with van der Waals surface area (Å²) in [6.07, 6.45) is 1.13. The number of hydrogen-bond acceptors (Lipinski definition) is 4. The molecule has 1 heterocycles. The standard InChI is InChI=1S/C10H16N2O3S.Na/c1-3-5-10(6-16-4-2)7(13)11-9(15)12-8(10)14;/h3-6H2,1-2H3,(H2,11,12,13,14,15);/q;+1/p-1. The van der Waals surface area contributed by atoms with E-state index in [-0.39, 0.29) is 29.6 Å². The summed E-state index contributed by atoms with van der Waals surface area (Å²) in [4.78, 5) is 26.9. The van der Waals surface area contributed by atoms with E-state index in [1.165, 1.54) is 11.8 Å². The van der Waals surface area contributed by atoms with E-state index in [2.05, 4.69) is 10.3 Å². The minimum atomic E-state index is -1.14. The van der Waals surface area contributed by atoms with Gasteiger partial charge in [-0.05, 0) is 12.2 Å². The summed E-state index contributed by atoms with van der Waals surface area (Å²) in [6, 6.07) is -0.844. The zero-order valence-electron chi connectivity index (χ0n) is 10.4. The Hall–Kier alpha value is -0.0400. The van der Waals surface area contributed by atoms with Crippen molar-refractivity contribution < 1.29 is 44.3 Å². The van der Waals surface area contributed by atoms with Gasteiger partial charge in [-0.1, -0.05) is 20.3 Å². The van der Waals surface area contributed by atoms with Gasteiger partial charge in [0.15, 0.2) is 0 Å². The Morgan fingerprint density at radius 3 is 2.53 bits per heavy atom. The number of hydrogen-bond donors (Lipinski definition) is 1. The molecule has 1 rings (SSSR count). The van der Waals surface area contributed by atoms with E-state index >= 15 is 0 Å². The van der Waals surface area contributed by atoms with E-state index < -0.39 is 23.3 Å². The number of aliphatic imine (C=N–C) groups is 1. The minimum Gasteiger partial charge on any atom is -0.846 e. The van der Waals surface area contributed by atoms with Crippen LogP contribution in [0.3, 0.4) is 0 Å². The van der Waals surface area contributed by atoms with Crippen LogP contribution in [0.1, 0.15) is 26.7 Å². The maximum Gasteiger partial charge on any atom is 1.00 e. The third-order valence-corrected chi connectivity index (χ3v) is 3.60. The topological polar surface area (TPSA) is 81.6 Å². The first-order valence-corrected chi connectivity index (χ1v) is 6.41. The van der Waals surface area contributed by atoms with Crippen molar-refractivity contribution in [2.24, 2.45) is 10.4 Å². The Balaban J connectivity index is 0.00000256. The van der Waals surface area contributed by atoms with Crippen LogP contribution < -0.4 is 40.0 Å². The van der Waals surface area contributed by atoms with Crippen molar-refractivity contribution in [3.63, 3.8) is 0 Å². The number of carbonyl (C=O) groups excluding carboxylic acids is 2. The second-order valence-electron chi connectivity index (χ2n) is 3.65. The molecule has 17 heavy (non-hydrogen) atoms. The molecule has 0 aromatic rings. The molecule has 1 N–H and O–H groups in total. The van der Waals surface area contributed by atoms with Gasteiger partial charge in [0.25, 0.3) is 5.91 Å². The molecule has 0 radical (unpaired) electrons. The summed E-state index contributed by atoms with van der Waals surface area (Å²) in [5.41, 5.74) is -1.14. The molecule has 0 bridgehead atoms. The van der Waals surface area contributed by atoms with Gasteiger partial charge in [0.2, 0.25) is 5.91 Å². The first kappa shape index (κ1) is 17.0. The van der Waals surface area contributed by atoms with Crippen LogP contribution in [0, 0.1) is 5.41 Å². The molecule has 1 aliphatic heterocycles. The molecule has 0 aromatic carbocycles. The van der Waals surface area contributed by atoms with Crippen molar-refractivity contribution in [2.75, 3.05) is 11.5 Å². The second kappa shape index (κ2) is 7.41. The average molecular weight is 266 g/mol. The van der Waals surface area contributed by atoms with Gasteiger partial charge in [0, 0.05) is 5.75 Å². The largest absolute Gasteiger partial charge is 1.00 e. The number of carbonyl (C=O) groups is 2. The third-order valence-electron chi connectivity index (χ3n) is 2.50. The van der Waals surface area contributed by atoms with E-state index in [9.17, 15) is 14.7 Å². The van der Waals surface area contributed by atoms with Crippen molar-refractivity contribution in [1.29, 1.82) is 0 Å². The number of nitrogens with zero attached hydrogens (tertiary/aromatic N) is 1. The molecule has 1 unspecified atom stereocenters. The van der Waals surface area contributed by atoms with Crippen LogP contribution in [-0.4, -0.2) is 29.3 Å². The maximum atomic E-state index is 11.8. The summed E-state index contributed by atoms with van der Waals surface area (Å²) >= 11 is 1.51. The van der Waals surface area contributed by atoms with E-state index in [1.807, 2.05) is 13.8 Å². The first-order chi connectivity index (χ1) is 7.56. The molecule has 7 heteroatoms. The number of amides is 2. The van der Waals surface area contributed by atoms with Gasteiger partial charge in [0.1, 0.15) is 5.41 Å². The van der Waals surface area contributed by atoms with Gasteiger partial charge in [0.05, 0.1) is 6.02 Å². The Morgan fingerprint density at radius 2 is 2.06 bits per heavy atom. The molecular formula is C10H15N2NaO3S. The number of amidine groups is 1. The Bertz CT molecular complexity index is 336. The number of rotatable bonds is 5. The molecule has 0 aliphatic carbocycles. The van der Waals surface area contributed by atoms with E-state index in [0.717, 1.165) is 5.75 Å². The Kier molecular flexibility index (Phi) is 7.39. The SMILES string of the molecule is CCCC1(CSCC)C(=O)N=C([O-])NC1=O.[Na+]. The molecule has 1 atom stereocenters. The van der Waals surface area contributed by atoms with Crippen molar-refractivity contribution in [2.45, 2.75) is 26.7 Å². The van der Waals surface area contributed by atoms with Crippen LogP contribution in [0.4, 0.5) is 0 Å². The summed E-state index contributed by atoms with van der Waals surface area (Å²) in [5, 5.41) is 13.0. The fourth-order valence-electron chi connectivity index (χ4n) is 1.66. The van der Waals surface area contributed by atoms with Crippen molar-refractivity contribution in [3.8, 4) is 0 Å². The van der Waals surface area contributed by atoms with Crippen LogP contribution in [0.5, 0.6) is 0 Å². The van der Waals surface area contributed by atoms with Gasteiger partial charge in [-0.15, -0.1) is 0 Å². The van der Waals surface area contributed by atoms with E-state index in [4.69, 9.17) is 0 Å².